The Morgan fingerprint density at radius 1 is 1.00 bits per heavy atom. The van der Waals surface area contributed by atoms with Gasteiger partial charge >= 0.3 is 12.6 Å². The lowest BCUT2D eigenvalue weighted by molar-refractivity contribution is -0.155. The molecule has 0 saturated heterocycles. The number of anilines is 1. The largest absolute Gasteiger partial charge is 0.482 e. The number of nitrogens with one attached hydrogen (secondary N) is 1. The summed E-state index contributed by atoms with van der Waals surface area (Å²) < 4.78 is 40.0. The Balaban J connectivity index is 1.93. The lowest BCUT2D eigenvalue weighted by Crippen LogP contribution is -2.32. The van der Waals surface area contributed by atoms with Crippen molar-refractivity contribution < 1.29 is 32.6 Å². The van der Waals surface area contributed by atoms with Gasteiger partial charge in [0.05, 0.1) is 5.69 Å². The van der Waals surface area contributed by atoms with E-state index in [-0.39, 0.29) is 23.5 Å². The molecule has 8 heteroatoms. The van der Waals surface area contributed by atoms with E-state index < -0.39 is 24.6 Å². The molecule has 2 aromatic rings. The van der Waals surface area contributed by atoms with Gasteiger partial charge in [-0.2, -0.15) is 8.78 Å². The first-order chi connectivity index (χ1) is 14.1. The molecule has 1 N–H and O–H groups in total. The van der Waals surface area contributed by atoms with Gasteiger partial charge in [-0.05, 0) is 36.1 Å². The Bertz CT molecular complexity index is 880. The monoisotopic (exact) mass is 421 g/mol. The number of benzene rings is 2. The Hall–Kier alpha value is -3.16. The topological polar surface area (TPSA) is 73.9 Å². The summed E-state index contributed by atoms with van der Waals surface area (Å²) in [7, 11) is 0. The Kier molecular flexibility index (Phi) is 7.74. The maximum absolute atomic E-state index is 12.5. The molecule has 0 saturated carbocycles. The predicted molar refractivity (Wildman–Crippen MR) is 108 cm³/mol. The molecular formula is C22H25F2NO5. The minimum absolute atomic E-state index is 0.0426. The lowest BCUT2D eigenvalue weighted by Gasteiger charge is -2.22. The molecule has 2 aromatic carbocycles. The number of hydrogen-bond acceptors (Lipinski definition) is 5. The van der Waals surface area contributed by atoms with Gasteiger partial charge in [0, 0.05) is 0 Å². The summed E-state index contributed by atoms with van der Waals surface area (Å²) in [6.45, 7) is 4.02. The van der Waals surface area contributed by atoms with Crippen molar-refractivity contribution >= 4 is 17.6 Å². The molecule has 2 rings (SSSR count). The van der Waals surface area contributed by atoms with Gasteiger partial charge in [0.1, 0.15) is 11.5 Å². The maximum atomic E-state index is 12.5. The third-order valence-corrected chi connectivity index (χ3v) is 4.08. The van der Waals surface area contributed by atoms with Crippen molar-refractivity contribution in [2.45, 2.75) is 45.8 Å². The van der Waals surface area contributed by atoms with Crippen molar-refractivity contribution in [2.75, 3.05) is 11.9 Å². The fourth-order valence-corrected chi connectivity index (χ4v) is 2.64. The number of hydrogen-bond donors (Lipinski definition) is 1. The van der Waals surface area contributed by atoms with Crippen molar-refractivity contribution in [3.05, 3.63) is 54.1 Å². The number of carbonyl (C=O) groups excluding carboxylic acids is 2. The molecule has 0 fully saturated rings. The molecule has 0 radical (unpaired) electrons. The first-order valence-electron chi connectivity index (χ1n) is 9.34. The van der Waals surface area contributed by atoms with E-state index in [1.54, 1.807) is 18.2 Å². The van der Waals surface area contributed by atoms with Gasteiger partial charge in [0.15, 0.2) is 12.7 Å². The van der Waals surface area contributed by atoms with Crippen LogP contribution in [0, 0.1) is 0 Å². The SMILES string of the molecule is C[C@H](OC(=O)COc1ccccc1C(C)(C)C)C(=O)Nc1ccccc1OC(F)F. The summed E-state index contributed by atoms with van der Waals surface area (Å²) in [6, 6.07) is 13.1. The zero-order valence-electron chi connectivity index (χ0n) is 17.3. The van der Waals surface area contributed by atoms with Crippen LogP contribution in [-0.2, 0) is 19.7 Å². The van der Waals surface area contributed by atoms with Gasteiger partial charge in [-0.25, -0.2) is 4.79 Å². The second-order valence-electron chi connectivity index (χ2n) is 7.53. The molecular weight excluding hydrogens is 396 g/mol. The summed E-state index contributed by atoms with van der Waals surface area (Å²) in [4.78, 5) is 24.4. The Morgan fingerprint density at radius 3 is 2.23 bits per heavy atom. The molecule has 162 valence electrons. The number of amides is 1. The third-order valence-electron chi connectivity index (χ3n) is 4.08. The number of halogens is 2. The van der Waals surface area contributed by atoms with Crippen LogP contribution in [0.2, 0.25) is 0 Å². The van der Waals surface area contributed by atoms with Crippen LogP contribution < -0.4 is 14.8 Å². The van der Waals surface area contributed by atoms with Gasteiger partial charge in [0.2, 0.25) is 0 Å². The van der Waals surface area contributed by atoms with Crippen LogP contribution in [0.25, 0.3) is 0 Å². The number of rotatable bonds is 8. The zero-order valence-corrected chi connectivity index (χ0v) is 17.3. The van der Waals surface area contributed by atoms with Gasteiger partial charge in [-0.3, -0.25) is 4.79 Å². The first kappa shape index (κ1) is 23.1. The maximum Gasteiger partial charge on any atom is 0.387 e. The molecule has 0 unspecified atom stereocenters. The summed E-state index contributed by atoms with van der Waals surface area (Å²) >= 11 is 0. The van der Waals surface area contributed by atoms with Crippen molar-refractivity contribution in [2.24, 2.45) is 0 Å². The van der Waals surface area contributed by atoms with E-state index >= 15 is 0 Å². The summed E-state index contributed by atoms with van der Waals surface area (Å²) in [5.41, 5.74) is 0.793. The number of alkyl halides is 2. The second-order valence-corrected chi connectivity index (χ2v) is 7.53. The van der Waals surface area contributed by atoms with E-state index in [2.05, 4.69) is 10.1 Å². The van der Waals surface area contributed by atoms with Crippen molar-refractivity contribution in [1.82, 2.24) is 0 Å². The number of esters is 1. The molecule has 0 aromatic heterocycles. The van der Waals surface area contributed by atoms with Crippen LogP contribution >= 0.6 is 0 Å². The normalized spacial score (nSPS) is 12.2. The highest BCUT2D eigenvalue weighted by Gasteiger charge is 2.22. The van der Waals surface area contributed by atoms with Gasteiger partial charge in [0.25, 0.3) is 5.91 Å². The fraction of sp³-hybridized carbons (Fsp3) is 0.364. The highest BCUT2D eigenvalue weighted by molar-refractivity contribution is 5.96. The molecule has 0 spiro atoms. The number of ether oxygens (including phenoxy) is 3. The Labute approximate surface area is 174 Å². The van der Waals surface area contributed by atoms with E-state index in [0.29, 0.717) is 5.75 Å². The molecule has 0 aliphatic carbocycles. The second kappa shape index (κ2) is 10.0. The average molecular weight is 421 g/mol. The summed E-state index contributed by atoms with van der Waals surface area (Å²) in [5.74, 6) is -1.07. The van der Waals surface area contributed by atoms with E-state index in [1.165, 1.54) is 25.1 Å². The van der Waals surface area contributed by atoms with Gasteiger partial charge < -0.3 is 19.5 Å². The smallest absolute Gasteiger partial charge is 0.387 e. The van der Waals surface area contributed by atoms with E-state index in [4.69, 9.17) is 9.47 Å². The fourth-order valence-electron chi connectivity index (χ4n) is 2.64. The molecule has 1 amide bonds. The Morgan fingerprint density at radius 2 is 1.60 bits per heavy atom. The van der Waals surface area contributed by atoms with Crippen LogP contribution in [0.1, 0.15) is 33.3 Å². The van der Waals surface area contributed by atoms with E-state index in [1.807, 2.05) is 32.9 Å². The van der Waals surface area contributed by atoms with Gasteiger partial charge in [-0.1, -0.05) is 51.1 Å². The highest BCUT2D eigenvalue weighted by Crippen LogP contribution is 2.31. The van der Waals surface area contributed by atoms with E-state index in [0.717, 1.165) is 5.56 Å². The minimum atomic E-state index is -3.04. The zero-order chi connectivity index (χ0) is 22.3. The average Bonchev–Trinajstić information content (AvgIpc) is 2.67. The van der Waals surface area contributed by atoms with Crippen molar-refractivity contribution in [1.29, 1.82) is 0 Å². The molecule has 0 aliphatic heterocycles. The molecule has 0 heterocycles. The lowest BCUT2D eigenvalue weighted by atomic mass is 9.86. The highest BCUT2D eigenvalue weighted by atomic mass is 19.3. The van der Waals surface area contributed by atoms with Crippen LogP contribution in [-0.4, -0.2) is 31.2 Å². The predicted octanol–water partition coefficient (Wildman–Crippen LogP) is 4.53. The first-order valence-corrected chi connectivity index (χ1v) is 9.34. The molecule has 30 heavy (non-hydrogen) atoms. The standard InChI is InChI=1S/C22H25F2NO5/c1-14(20(27)25-16-10-6-8-12-18(16)30-21(23)24)29-19(26)13-28-17-11-7-5-9-15(17)22(2,3)4/h5-12,14,21H,13H2,1-4H3,(H,25,27)/t14-/m0/s1. The summed E-state index contributed by atoms with van der Waals surface area (Å²) in [6.07, 6.45) is -1.17. The summed E-state index contributed by atoms with van der Waals surface area (Å²) in [5, 5.41) is 2.41. The number of para-hydroxylation sites is 3. The third kappa shape index (κ3) is 6.72. The molecule has 6 nitrogen and oxygen atoms in total. The van der Waals surface area contributed by atoms with Crippen LogP contribution in [0.5, 0.6) is 11.5 Å². The van der Waals surface area contributed by atoms with Crippen LogP contribution in [0.4, 0.5) is 14.5 Å². The quantitative estimate of drug-likeness (QED) is 0.634. The van der Waals surface area contributed by atoms with E-state index in [9.17, 15) is 18.4 Å². The van der Waals surface area contributed by atoms with Crippen LogP contribution in [0.15, 0.2) is 48.5 Å². The molecule has 0 bridgehead atoms. The van der Waals surface area contributed by atoms with Gasteiger partial charge in [-0.15, -0.1) is 0 Å². The van der Waals surface area contributed by atoms with Crippen molar-refractivity contribution in [3.8, 4) is 11.5 Å². The minimum Gasteiger partial charge on any atom is -0.482 e. The molecule has 0 aliphatic rings. The van der Waals surface area contributed by atoms with Crippen LogP contribution in [0.3, 0.4) is 0 Å². The molecule has 1 atom stereocenters. The number of carbonyl (C=O) groups is 2. The van der Waals surface area contributed by atoms with Crippen molar-refractivity contribution in [3.63, 3.8) is 0 Å².